The summed E-state index contributed by atoms with van der Waals surface area (Å²) in [5, 5.41) is 10.6. The maximum Gasteiger partial charge on any atom is 0.253 e. The second kappa shape index (κ2) is 10.2. The van der Waals surface area contributed by atoms with Crippen molar-refractivity contribution >= 4 is 35.0 Å². The van der Waals surface area contributed by atoms with Crippen molar-refractivity contribution in [3.05, 3.63) is 89.0 Å². The first-order valence-electron chi connectivity index (χ1n) is 13.6. The number of aliphatic hydroxyl groups is 1. The van der Waals surface area contributed by atoms with Crippen molar-refractivity contribution in [1.29, 1.82) is 0 Å². The number of hydrogen-bond donors (Lipinski definition) is 1. The normalized spacial score (nSPS) is 30.2. The Morgan fingerprint density at radius 2 is 1.80 bits per heavy atom. The Morgan fingerprint density at radius 1 is 1.02 bits per heavy atom. The van der Waals surface area contributed by atoms with Gasteiger partial charge in [-0.05, 0) is 31.0 Å². The number of para-hydroxylation sites is 1. The molecular formula is C31H32ClN3O5. The van der Waals surface area contributed by atoms with Crippen molar-refractivity contribution < 1.29 is 24.2 Å². The number of benzene rings is 2. The lowest BCUT2D eigenvalue weighted by molar-refractivity contribution is -0.146. The number of carbonyl (C=O) groups is 3. The van der Waals surface area contributed by atoms with E-state index in [1.54, 1.807) is 28.9 Å². The third-order valence-corrected chi connectivity index (χ3v) is 8.90. The van der Waals surface area contributed by atoms with E-state index in [1.807, 2.05) is 67.6 Å². The van der Waals surface area contributed by atoms with Gasteiger partial charge in [0.2, 0.25) is 11.8 Å². The van der Waals surface area contributed by atoms with E-state index in [0.717, 1.165) is 11.1 Å². The monoisotopic (exact) mass is 561 g/mol. The van der Waals surface area contributed by atoms with Gasteiger partial charge in [-0.2, -0.15) is 0 Å². The number of aryl methyl sites for hydroxylation is 1. The molecule has 0 saturated carbocycles. The van der Waals surface area contributed by atoms with E-state index in [1.165, 1.54) is 4.90 Å². The Bertz CT molecular complexity index is 1390. The molecule has 0 aliphatic carbocycles. The molecule has 4 aliphatic heterocycles. The summed E-state index contributed by atoms with van der Waals surface area (Å²) in [5.41, 5.74) is 1.01. The summed E-state index contributed by atoms with van der Waals surface area (Å²) in [7, 11) is 0. The zero-order chi connectivity index (χ0) is 28.2. The van der Waals surface area contributed by atoms with Gasteiger partial charge in [-0.3, -0.25) is 14.4 Å². The third-order valence-electron chi connectivity index (χ3n) is 8.59. The first kappa shape index (κ1) is 26.7. The Morgan fingerprint density at radius 3 is 2.52 bits per heavy atom. The van der Waals surface area contributed by atoms with Crippen LogP contribution in [-0.2, 0) is 25.7 Å². The lowest BCUT2D eigenvalue weighted by Crippen LogP contribution is -2.57. The highest BCUT2D eigenvalue weighted by Gasteiger charge is 2.72. The van der Waals surface area contributed by atoms with Crippen LogP contribution in [0.1, 0.15) is 18.1 Å². The summed E-state index contributed by atoms with van der Waals surface area (Å²) in [4.78, 5) is 47.6. The number of aliphatic hydroxyl groups excluding tert-OH is 1. The Balaban J connectivity index is 1.43. The minimum Gasteiger partial charge on any atom is -0.394 e. The van der Waals surface area contributed by atoms with Crippen molar-refractivity contribution in [3.8, 4) is 0 Å². The van der Waals surface area contributed by atoms with E-state index in [2.05, 4.69) is 0 Å². The molecule has 2 fully saturated rings. The van der Waals surface area contributed by atoms with Gasteiger partial charge in [-0.25, -0.2) is 0 Å². The number of likely N-dealkylation sites (tertiary alicyclic amines) is 1. The van der Waals surface area contributed by atoms with Crippen LogP contribution in [0, 0.1) is 18.8 Å². The Labute approximate surface area is 238 Å². The standard InChI is InChI=1S/C31H32ClN3O5/c1-19-9-6-12-22(32)26(19)34-16-8-14-31-25(29(38)35(20(2)18-36)27(31)30(34)39)24-23(40-31)13-7-15-33(28(24)37)17-21-10-4-3-5-11-21/h3-14,20,23-25,27,36H,15-18H2,1-2H3/t20-,23+,24-,25+,27?,31+/m1/s1. The molecule has 8 nitrogen and oxygen atoms in total. The topological polar surface area (TPSA) is 90.4 Å². The second-order valence-electron chi connectivity index (χ2n) is 11.0. The summed E-state index contributed by atoms with van der Waals surface area (Å²) in [6.07, 6.45) is 6.71. The first-order valence-corrected chi connectivity index (χ1v) is 14.0. The maximum absolute atomic E-state index is 14.5. The van der Waals surface area contributed by atoms with E-state index in [0.29, 0.717) is 23.8 Å². The van der Waals surface area contributed by atoms with Gasteiger partial charge in [0.15, 0.2) is 0 Å². The largest absolute Gasteiger partial charge is 0.394 e. The predicted molar refractivity (Wildman–Crippen MR) is 150 cm³/mol. The molecule has 0 radical (unpaired) electrons. The maximum atomic E-state index is 14.5. The molecule has 2 aromatic rings. The van der Waals surface area contributed by atoms with Gasteiger partial charge in [0.25, 0.3) is 5.91 Å². The highest BCUT2D eigenvalue weighted by atomic mass is 35.5. The van der Waals surface area contributed by atoms with Gasteiger partial charge in [0.05, 0.1) is 41.3 Å². The summed E-state index contributed by atoms with van der Waals surface area (Å²) < 4.78 is 6.67. The number of amides is 3. The number of ether oxygens (including phenoxy) is 1. The van der Waals surface area contributed by atoms with E-state index in [-0.39, 0.29) is 30.9 Å². The molecule has 9 heteroatoms. The minimum atomic E-state index is -1.37. The van der Waals surface area contributed by atoms with Crippen LogP contribution in [0.15, 0.2) is 72.8 Å². The molecule has 3 amide bonds. The van der Waals surface area contributed by atoms with Crippen LogP contribution in [0.25, 0.3) is 0 Å². The summed E-state index contributed by atoms with van der Waals surface area (Å²) in [6.45, 7) is 4.27. The fourth-order valence-corrected chi connectivity index (χ4v) is 7.13. The number of rotatable bonds is 5. The van der Waals surface area contributed by atoms with Crippen molar-refractivity contribution in [1.82, 2.24) is 9.80 Å². The van der Waals surface area contributed by atoms with E-state index < -0.39 is 35.6 Å². The smallest absolute Gasteiger partial charge is 0.253 e. The van der Waals surface area contributed by atoms with Gasteiger partial charge in [0, 0.05) is 19.6 Å². The van der Waals surface area contributed by atoms with Crippen molar-refractivity contribution in [2.45, 2.75) is 44.2 Å². The molecule has 1 spiro atoms. The van der Waals surface area contributed by atoms with E-state index in [9.17, 15) is 19.5 Å². The van der Waals surface area contributed by atoms with Gasteiger partial charge in [-0.15, -0.1) is 0 Å². The highest BCUT2D eigenvalue weighted by molar-refractivity contribution is 6.34. The summed E-state index contributed by atoms with van der Waals surface area (Å²) >= 11 is 6.58. The molecule has 2 saturated heterocycles. The first-order chi connectivity index (χ1) is 19.3. The number of hydrogen-bond acceptors (Lipinski definition) is 5. The molecule has 1 unspecified atom stereocenters. The van der Waals surface area contributed by atoms with Gasteiger partial charge < -0.3 is 24.5 Å². The molecule has 208 valence electrons. The zero-order valence-corrected chi connectivity index (χ0v) is 23.2. The second-order valence-corrected chi connectivity index (χ2v) is 11.4. The van der Waals surface area contributed by atoms with Crippen LogP contribution < -0.4 is 4.90 Å². The van der Waals surface area contributed by atoms with E-state index >= 15 is 0 Å². The third kappa shape index (κ3) is 4.00. The van der Waals surface area contributed by atoms with Crippen molar-refractivity contribution in [2.24, 2.45) is 11.8 Å². The van der Waals surface area contributed by atoms with Crippen molar-refractivity contribution in [2.75, 3.05) is 24.6 Å². The highest BCUT2D eigenvalue weighted by Crippen LogP contribution is 2.54. The predicted octanol–water partition coefficient (Wildman–Crippen LogP) is 3.11. The molecular weight excluding hydrogens is 530 g/mol. The average Bonchev–Trinajstić information content (AvgIpc) is 3.28. The Kier molecular flexibility index (Phi) is 6.81. The van der Waals surface area contributed by atoms with Crippen LogP contribution in [0.4, 0.5) is 5.69 Å². The SMILES string of the molecule is Cc1cccc(Cl)c1N1CC=C[C@]23O[C@H]4C=CCN(Cc5ccccc5)C(=O)[C@H]4[C@H]2C(=O)N([C@H](C)CO)C3C1=O. The van der Waals surface area contributed by atoms with Crippen LogP contribution >= 0.6 is 11.6 Å². The minimum absolute atomic E-state index is 0.185. The van der Waals surface area contributed by atoms with Gasteiger partial charge in [0.1, 0.15) is 11.6 Å². The van der Waals surface area contributed by atoms with Crippen LogP contribution in [-0.4, -0.2) is 76.1 Å². The zero-order valence-electron chi connectivity index (χ0n) is 22.4. The number of anilines is 1. The van der Waals surface area contributed by atoms with Crippen LogP contribution in [0.5, 0.6) is 0 Å². The van der Waals surface area contributed by atoms with Crippen LogP contribution in [0.3, 0.4) is 0 Å². The van der Waals surface area contributed by atoms with Crippen molar-refractivity contribution in [3.63, 3.8) is 0 Å². The quantitative estimate of drug-likeness (QED) is 0.567. The lowest BCUT2D eigenvalue weighted by Gasteiger charge is -2.37. The number of nitrogens with zero attached hydrogens (tertiary/aromatic N) is 3. The molecule has 4 heterocycles. The Hall–Kier alpha value is -3.46. The molecule has 4 aliphatic rings. The average molecular weight is 562 g/mol. The van der Waals surface area contributed by atoms with Gasteiger partial charge >= 0.3 is 0 Å². The molecule has 6 atom stereocenters. The summed E-state index contributed by atoms with van der Waals surface area (Å²) in [5.74, 6) is -2.63. The number of fused-ring (bicyclic) bond motifs is 2. The molecule has 6 rings (SSSR count). The summed E-state index contributed by atoms with van der Waals surface area (Å²) in [6, 6.07) is 13.4. The molecule has 1 N–H and O–H groups in total. The van der Waals surface area contributed by atoms with E-state index in [4.69, 9.17) is 16.3 Å². The molecule has 40 heavy (non-hydrogen) atoms. The van der Waals surface area contributed by atoms with Gasteiger partial charge in [-0.1, -0.05) is 78.4 Å². The molecule has 2 aromatic carbocycles. The fourth-order valence-electron chi connectivity index (χ4n) is 6.80. The molecule has 0 aromatic heterocycles. The number of carbonyl (C=O) groups excluding carboxylic acids is 3. The molecule has 0 bridgehead atoms. The fraction of sp³-hybridized carbons (Fsp3) is 0.387. The van der Waals surface area contributed by atoms with Crippen LogP contribution in [0.2, 0.25) is 5.02 Å². The lowest BCUT2D eigenvalue weighted by atomic mass is 9.77. The number of halogens is 1.